The third kappa shape index (κ3) is 3.24. The van der Waals surface area contributed by atoms with E-state index in [4.69, 9.17) is 5.73 Å². The van der Waals surface area contributed by atoms with E-state index in [2.05, 4.69) is 21.7 Å². The molecule has 2 heterocycles. The third-order valence-electron chi connectivity index (χ3n) is 4.32. The van der Waals surface area contributed by atoms with Crippen molar-refractivity contribution in [2.24, 2.45) is 12.8 Å². The van der Waals surface area contributed by atoms with Crippen LogP contribution in [-0.2, 0) is 7.05 Å². The highest BCUT2D eigenvalue weighted by Gasteiger charge is 2.14. The Labute approximate surface area is 130 Å². The summed E-state index contributed by atoms with van der Waals surface area (Å²) in [5, 5.41) is 0. The number of benzene rings is 1. The highest BCUT2D eigenvalue weighted by Crippen LogP contribution is 2.11. The zero-order valence-electron chi connectivity index (χ0n) is 12.9. The molecule has 0 unspecified atom stereocenters. The maximum absolute atomic E-state index is 11.6. The molecular weight excluding hydrogens is 276 g/mol. The van der Waals surface area contributed by atoms with Crippen LogP contribution in [0, 0.1) is 11.8 Å². The second-order valence-corrected chi connectivity index (χ2v) is 5.95. The number of aryl methyl sites for hydroxylation is 1. The molecule has 116 valence electrons. The molecule has 5 heteroatoms. The van der Waals surface area contributed by atoms with E-state index in [-0.39, 0.29) is 5.69 Å². The summed E-state index contributed by atoms with van der Waals surface area (Å²) in [5.74, 6) is 6.42. The molecule has 0 radical (unpaired) electrons. The number of H-pyrrole nitrogens is 1. The number of nitrogens with one attached hydrogen (secondary N) is 1. The Hall–Kier alpha value is -2.03. The molecule has 0 atom stereocenters. The van der Waals surface area contributed by atoms with Crippen molar-refractivity contribution in [3.63, 3.8) is 0 Å². The first-order valence-corrected chi connectivity index (χ1v) is 7.79. The van der Waals surface area contributed by atoms with E-state index < -0.39 is 0 Å². The average molecular weight is 298 g/mol. The number of nitrogens with zero attached hydrogens (tertiary/aromatic N) is 2. The molecule has 0 spiro atoms. The SMILES string of the molecule is Cn1c(=O)[nH]c2ccc(C#CCCN3CCC(N)CC3)cc21. The van der Waals surface area contributed by atoms with Crippen LogP contribution in [0.4, 0.5) is 0 Å². The Balaban J connectivity index is 1.62. The molecule has 1 aromatic carbocycles. The fourth-order valence-corrected chi connectivity index (χ4v) is 2.86. The Morgan fingerprint density at radius 1 is 1.36 bits per heavy atom. The van der Waals surface area contributed by atoms with Gasteiger partial charge in [0.2, 0.25) is 0 Å². The third-order valence-corrected chi connectivity index (χ3v) is 4.32. The number of imidazole rings is 1. The van der Waals surface area contributed by atoms with Crippen molar-refractivity contribution in [1.29, 1.82) is 0 Å². The number of aromatic nitrogens is 2. The van der Waals surface area contributed by atoms with Crippen molar-refractivity contribution in [3.8, 4) is 11.8 Å². The van der Waals surface area contributed by atoms with Gasteiger partial charge in [-0.15, -0.1) is 0 Å². The van der Waals surface area contributed by atoms with Gasteiger partial charge in [-0.2, -0.15) is 0 Å². The van der Waals surface area contributed by atoms with Crippen LogP contribution >= 0.6 is 0 Å². The number of hydrogen-bond acceptors (Lipinski definition) is 3. The number of rotatable bonds is 2. The van der Waals surface area contributed by atoms with Gasteiger partial charge in [0.05, 0.1) is 11.0 Å². The van der Waals surface area contributed by atoms with Crippen LogP contribution in [-0.4, -0.2) is 40.1 Å². The molecule has 3 N–H and O–H groups in total. The van der Waals surface area contributed by atoms with E-state index in [0.717, 1.165) is 55.5 Å². The Morgan fingerprint density at radius 3 is 2.91 bits per heavy atom. The summed E-state index contributed by atoms with van der Waals surface area (Å²) in [6, 6.07) is 6.19. The van der Waals surface area contributed by atoms with E-state index in [1.54, 1.807) is 11.6 Å². The van der Waals surface area contributed by atoms with E-state index in [9.17, 15) is 4.79 Å². The number of hydrogen-bond donors (Lipinski definition) is 2. The minimum absolute atomic E-state index is 0.0941. The zero-order valence-corrected chi connectivity index (χ0v) is 12.9. The van der Waals surface area contributed by atoms with Gasteiger partial charge in [-0.05, 0) is 44.1 Å². The van der Waals surface area contributed by atoms with E-state index in [1.165, 1.54) is 0 Å². The minimum atomic E-state index is -0.0941. The van der Waals surface area contributed by atoms with Gasteiger partial charge in [0.25, 0.3) is 0 Å². The fraction of sp³-hybridized carbons (Fsp3) is 0.471. The van der Waals surface area contributed by atoms with Crippen molar-refractivity contribution < 1.29 is 0 Å². The summed E-state index contributed by atoms with van der Waals surface area (Å²) in [6.45, 7) is 3.17. The normalized spacial score (nSPS) is 16.6. The molecule has 1 aliphatic rings. The van der Waals surface area contributed by atoms with E-state index in [0.29, 0.717) is 6.04 Å². The number of fused-ring (bicyclic) bond motifs is 1. The number of nitrogens with two attached hydrogens (primary N) is 1. The fourth-order valence-electron chi connectivity index (χ4n) is 2.86. The minimum Gasteiger partial charge on any atom is -0.328 e. The maximum atomic E-state index is 11.6. The molecule has 0 amide bonds. The molecule has 1 saturated heterocycles. The van der Waals surface area contributed by atoms with Gasteiger partial charge in [0.15, 0.2) is 0 Å². The maximum Gasteiger partial charge on any atom is 0.326 e. The molecular formula is C17H22N4O. The van der Waals surface area contributed by atoms with Gasteiger partial charge in [0, 0.05) is 31.6 Å². The summed E-state index contributed by atoms with van der Waals surface area (Å²) < 4.78 is 1.61. The Morgan fingerprint density at radius 2 is 2.14 bits per heavy atom. The van der Waals surface area contributed by atoms with Gasteiger partial charge in [-0.1, -0.05) is 11.8 Å². The number of likely N-dealkylation sites (tertiary alicyclic amines) is 1. The van der Waals surface area contributed by atoms with Crippen molar-refractivity contribution >= 4 is 11.0 Å². The van der Waals surface area contributed by atoms with Crippen LogP contribution < -0.4 is 11.4 Å². The summed E-state index contributed by atoms with van der Waals surface area (Å²) >= 11 is 0. The highest BCUT2D eigenvalue weighted by molar-refractivity contribution is 5.76. The number of piperidine rings is 1. The molecule has 0 saturated carbocycles. The predicted molar refractivity (Wildman–Crippen MR) is 88.7 cm³/mol. The van der Waals surface area contributed by atoms with Crippen molar-refractivity contribution in [2.75, 3.05) is 19.6 Å². The van der Waals surface area contributed by atoms with E-state index >= 15 is 0 Å². The van der Waals surface area contributed by atoms with Crippen LogP contribution in [0.5, 0.6) is 0 Å². The molecule has 0 aliphatic carbocycles. The van der Waals surface area contributed by atoms with Gasteiger partial charge in [0.1, 0.15) is 0 Å². The monoisotopic (exact) mass is 298 g/mol. The lowest BCUT2D eigenvalue weighted by atomic mass is 10.1. The standard InChI is InChI=1S/C17H22N4O/c1-20-16-12-13(5-6-15(16)19-17(20)22)4-2-3-9-21-10-7-14(18)8-11-21/h5-6,12,14H,3,7-11,18H2,1H3,(H,19,22). The zero-order chi connectivity index (χ0) is 15.5. The van der Waals surface area contributed by atoms with Crippen LogP contribution in [0.2, 0.25) is 0 Å². The van der Waals surface area contributed by atoms with Gasteiger partial charge < -0.3 is 15.6 Å². The van der Waals surface area contributed by atoms with Gasteiger partial charge in [-0.3, -0.25) is 4.57 Å². The lowest BCUT2D eigenvalue weighted by Crippen LogP contribution is -2.39. The van der Waals surface area contributed by atoms with Crippen molar-refractivity contribution in [3.05, 3.63) is 34.2 Å². The average Bonchev–Trinajstić information content (AvgIpc) is 2.80. The molecule has 0 bridgehead atoms. The number of aromatic amines is 1. The largest absolute Gasteiger partial charge is 0.328 e. The molecule has 2 aromatic rings. The molecule has 1 fully saturated rings. The van der Waals surface area contributed by atoms with Gasteiger partial charge in [-0.25, -0.2) is 4.79 Å². The molecule has 1 aromatic heterocycles. The van der Waals surface area contributed by atoms with Crippen LogP contribution in [0.25, 0.3) is 11.0 Å². The van der Waals surface area contributed by atoms with E-state index in [1.807, 2.05) is 18.2 Å². The summed E-state index contributed by atoms with van der Waals surface area (Å²) in [7, 11) is 1.76. The molecule has 3 rings (SSSR count). The topological polar surface area (TPSA) is 67.0 Å². The summed E-state index contributed by atoms with van der Waals surface area (Å²) in [6.07, 6.45) is 3.04. The lowest BCUT2D eigenvalue weighted by molar-refractivity contribution is 0.218. The lowest BCUT2D eigenvalue weighted by Gasteiger charge is -2.29. The highest BCUT2D eigenvalue weighted by atomic mass is 16.1. The van der Waals surface area contributed by atoms with Crippen molar-refractivity contribution in [2.45, 2.75) is 25.3 Å². The second kappa shape index (κ2) is 6.39. The Bertz CT molecular complexity index is 769. The first-order chi connectivity index (χ1) is 10.6. The Kier molecular flexibility index (Phi) is 4.32. The van der Waals surface area contributed by atoms with Crippen LogP contribution in [0.3, 0.4) is 0 Å². The molecule has 5 nitrogen and oxygen atoms in total. The molecule has 22 heavy (non-hydrogen) atoms. The first-order valence-electron chi connectivity index (χ1n) is 7.79. The van der Waals surface area contributed by atoms with Crippen LogP contribution in [0.1, 0.15) is 24.8 Å². The van der Waals surface area contributed by atoms with Crippen LogP contribution in [0.15, 0.2) is 23.0 Å². The first kappa shape index (κ1) is 14.9. The quantitative estimate of drug-likeness (QED) is 0.814. The second-order valence-electron chi connectivity index (χ2n) is 5.95. The summed E-state index contributed by atoms with van der Waals surface area (Å²) in [5.41, 5.74) is 8.50. The smallest absolute Gasteiger partial charge is 0.326 e. The molecule has 1 aliphatic heterocycles. The predicted octanol–water partition coefficient (Wildman–Crippen LogP) is 1.03. The van der Waals surface area contributed by atoms with Crippen molar-refractivity contribution in [1.82, 2.24) is 14.5 Å². The van der Waals surface area contributed by atoms with Gasteiger partial charge >= 0.3 is 5.69 Å². The summed E-state index contributed by atoms with van der Waals surface area (Å²) in [4.78, 5) is 16.8.